The molecule has 0 aliphatic carbocycles. The fraction of sp³-hybridized carbons (Fsp3) is 0.650. The third-order valence-electron chi connectivity index (χ3n) is 3.91. The van der Waals surface area contributed by atoms with Crippen LogP contribution in [-0.4, -0.2) is 33.5 Å². The lowest BCUT2D eigenvalue weighted by atomic mass is 10.0. The first-order valence-electron chi connectivity index (χ1n) is 9.15. The molecule has 0 rings (SSSR count). The summed E-state index contributed by atoms with van der Waals surface area (Å²) in [6.45, 7) is 2.00. The number of aliphatic hydroxyl groups excluding tert-OH is 2. The summed E-state index contributed by atoms with van der Waals surface area (Å²) in [7, 11) is 0. The van der Waals surface area contributed by atoms with Crippen LogP contribution in [0.5, 0.6) is 0 Å². The molecule has 24 heavy (non-hydrogen) atoms. The van der Waals surface area contributed by atoms with Gasteiger partial charge in [0.1, 0.15) is 0 Å². The van der Waals surface area contributed by atoms with Gasteiger partial charge in [-0.15, -0.1) is 0 Å². The van der Waals surface area contributed by atoms with E-state index in [1.807, 2.05) is 19.1 Å². The van der Waals surface area contributed by atoms with Gasteiger partial charge in [0.05, 0.1) is 12.2 Å². The van der Waals surface area contributed by atoms with Crippen LogP contribution in [-0.2, 0) is 4.79 Å². The molecule has 0 aromatic heterocycles. The van der Waals surface area contributed by atoms with Gasteiger partial charge in [0.2, 0.25) is 0 Å². The van der Waals surface area contributed by atoms with Crippen molar-refractivity contribution in [3.8, 4) is 0 Å². The molecule has 0 bridgehead atoms. The maximum atomic E-state index is 10.2. The van der Waals surface area contributed by atoms with Gasteiger partial charge >= 0.3 is 5.97 Å². The minimum Gasteiger partial charge on any atom is -0.478 e. The molecule has 0 amide bonds. The fourth-order valence-corrected chi connectivity index (χ4v) is 2.37. The standard InChI is InChI=1S/C20H34O4/c1-2-18(21)14-10-8-9-12-16-19(22)15-11-6-4-3-5-7-13-17-20(23)24/h3-5,7,13,17-19,21-22H,2,6,8-12,14-16H2,1H3,(H,23,24). The van der Waals surface area contributed by atoms with Crippen molar-refractivity contribution in [2.45, 2.75) is 83.3 Å². The van der Waals surface area contributed by atoms with E-state index in [2.05, 4.69) is 0 Å². The Balaban J connectivity index is 3.46. The first-order chi connectivity index (χ1) is 11.6. The average Bonchev–Trinajstić information content (AvgIpc) is 2.55. The zero-order chi connectivity index (χ0) is 18.0. The Morgan fingerprint density at radius 2 is 1.42 bits per heavy atom. The molecule has 4 heteroatoms. The van der Waals surface area contributed by atoms with Gasteiger partial charge in [-0.05, 0) is 38.5 Å². The lowest BCUT2D eigenvalue weighted by molar-refractivity contribution is -0.131. The topological polar surface area (TPSA) is 77.8 Å². The molecule has 0 heterocycles. The highest BCUT2D eigenvalue weighted by Gasteiger charge is 2.04. The van der Waals surface area contributed by atoms with Crippen molar-refractivity contribution < 1.29 is 20.1 Å². The van der Waals surface area contributed by atoms with Gasteiger partial charge in [-0.2, -0.15) is 0 Å². The summed E-state index contributed by atoms with van der Waals surface area (Å²) < 4.78 is 0. The van der Waals surface area contributed by atoms with Crippen molar-refractivity contribution in [2.75, 3.05) is 0 Å². The minimum absolute atomic E-state index is 0.147. The van der Waals surface area contributed by atoms with Gasteiger partial charge in [0, 0.05) is 6.08 Å². The van der Waals surface area contributed by atoms with Gasteiger partial charge in [-0.1, -0.05) is 63.0 Å². The lowest BCUT2D eigenvalue weighted by Crippen LogP contribution is -2.06. The smallest absolute Gasteiger partial charge is 0.328 e. The molecule has 0 aliphatic heterocycles. The minimum atomic E-state index is -0.948. The van der Waals surface area contributed by atoms with E-state index in [1.165, 1.54) is 6.08 Å². The molecule has 4 nitrogen and oxygen atoms in total. The SMILES string of the molecule is CCC(O)CCCCCCC(O)CCCC=CC=CC=CC(=O)O. The van der Waals surface area contributed by atoms with Gasteiger partial charge < -0.3 is 15.3 Å². The zero-order valence-corrected chi connectivity index (χ0v) is 14.9. The third kappa shape index (κ3) is 17.0. The fourth-order valence-electron chi connectivity index (χ4n) is 2.37. The summed E-state index contributed by atoms with van der Waals surface area (Å²) in [5.74, 6) is -0.948. The van der Waals surface area contributed by atoms with Gasteiger partial charge in [-0.3, -0.25) is 0 Å². The summed E-state index contributed by atoms with van der Waals surface area (Å²) >= 11 is 0. The van der Waals surface area contributed by atoms with E-state index < -0.39 is 5.97 Å². The summed E-state index contributed by atoms with van der Waals surface area (Å²) in [6, 6.07) is 0. The van der Waals surface area contributed by atoms with Crippen LogP contribution >= 0.6 is 0 Å². The number of carbonyl (C=O) groups is 1. The van der Waals surface area contributed by atoms with E-state index in [-0.39, 0.29) is 12.2 Å². The second kappa shape index (κ2) is 16.5. The first-order valence-corrected chi connectivity index (χ1v) is 9.15. The van der Waals surface area contributed by atoms with Crippen LogP contribution in [0.3, 0.4) is 0 Å². The van der Waals surface area contributed by atoms with E-state index in [0.717, 1.165) is 70.3 Å². The lowest BCUT2D eigenvalue weighted by Gasteiger charge is -2.10. The van der Waals surface area contributed by atoms with Crippen molar-refractivity contribution >= 4 is 5.97 Å². The van der Waals surface area contributed by atoms with Crippen LogP contribution in [0.25, 0.3) is 0 Å². The highest BCUT2D eigenvalue weighted by atomic mass is 16.4. The molecule has 0 spiro atoms. The van der Waals surface area contributed by atoms with Crippen LogP contribution in [0.15, 0.2) is 36.5 Å². The van der Waals surface area contributed by atoms with E-state index in [0.29, 0.717) is 0 Å². The van der Waals surface area contributed by atoms with Crippen molar-refractivity contribution in [3.05, 3.63) is 36.5 Å². The summed E-state index contributed by atoms with van der Waals surface area (Å²) in [4.78, 5) is 10.2. The van der Waals surface area contributed by atoms with Crippen molar-refractivity contribution in [2.24, 2.45) is 0 Å². The number of hydrogen-bond donors (Lipinski definition) is 3. The first kappa shape index (κ1) is 22.6. The third-order valence-corrected chi connectivity index (χ3v) is 3.91. The normalized spacial score (nSPS) is 14.8. The Labute approximate surface area is 146 Å². The highest BCUT2D eigenvalue weighted by Crippen LogP contribution is 2.13. The number of unbranched alkanes of at least 4 members (excludes halogenated alkanes) is 4. The number of carboxylic acid groups (broad SMARTS) is 1. The Morgan fingerprint density at radius 1 is 0.833 bits per heavy atom. The average molecular weight is 338 g/mol. The predicted octanol–water partition coefficient (Wildman–Crippen LogP) is 4.38. The second-order valence-electron chi connectivity index (χ2n) is 6.15. The maximum Gasteiger partial charge on any atom is 0.328 e. The molecule has 2 unspecified atom stereocenters. The Bertz CT molecular complexity index is 385. The summed E-state index contributed by atoms with van der Waals surface area (Å²) in [6.07, 6.45) is 19.3. The monoisotopic (exact) mass is 338 g/mol. The number of carboxylic acids is 1. The molecule has 0 saturated heterocycles. The van der Waals surface area contributed by atoms with Crippen LogP contribution in [0.1, 0.15) is 71.1 Å². The van der Waals surface area contributed by atoms with Gasteiger partial charge in [0.25, 0.3) is 0 Å². The quantitative estimate of drug-likeness (QED) is 0.235. The van der Waals surface area contributed by atoms with Crippen LogP contribution in [0.4, 0.5) is 0 Å². The van der Waals surface area contributed by atoms with Crippen LogP contribution in [0.2, 0.25) is 0 Å². The van der Waals surface area contributed by atoms with E-state index in [4.69, 9.17) is 5.11 Å². The molecule has 0 aromatic carbocycles. The highest BCUT2D eigenvalue weighted by molar-refractivity contribution is 5.80. The number of hydrogen-bond acceptors (Lipinski definition) is 3. The molecule has 0 saturated carbocycles. The molecule has 2 atom stereocenters. The summed E-state index contributed by atoms with van der Waals surface area (Å²) in [5.41, 5.74) is 0. The number of aliphatic hydroxyl groups is 2. The van der Waals surface area contributed by atoms with E-state index in [9.17, 15) is 15.0 Å². The second-order valence-corrected chi connectivity index (χ2v) is 6.15. The molecule has 138 valence electrons. The molecule has 0 aliphatic rings. The Hall–Kier alpha value is -1.39. The number of rotatable bonds is 15. The molecule has 0 fully saturated rings. The van der Waals surface area contributed by atoms with Crippen LogP contribution < -0.4 is 0 Å². The summed E-state index contributed by atoms with van der Waals surface area (Å²) in [5, 5.41) is 27.8. The Morgan fingerprint density at radius 3 is 2.04 bits per heavy atom. The largest absolute Gasteiger partial charge is 0.478 e. The van der Waals surface area contributed by atoms with E-state index >= 15 is 0 Å². The van der Waals surface area contributed by atoms with Gasteiger partial charge in [-0.25, -0.2) is 4.79 Å². The zero-order valence-electron chi connectivity index (χ0n) is 14.9. The Kier molecular flexibility index (Phi) is 15.5. The van der Waals surface area contributed by atoms with Crippen molar-refractivity contribution in [1.82, 2.24) is 0 Å². The molecule has 0 aromatic rings. The van der Waals surface area contributed by atoms with Crippen LogP contribution in [0, 0.1) is 0 Å². The predicted molar refractivity (Wildman–Crippen MR) is 98.9 cm³/mol. The number of allylic oxidation sites excluding steroid dienone is 5. The molecular weight excluding hydrogens is 304 g/mol. The molecular formula is C20H34O4. The van der Waals surface area contributed by atoms with Gasteiger partial charge in [0.15, 0.2) is 0 Å². The van der Waals surface area contributed by atoms with Crippen molar-refractivity contribution in [3.63, 3.8) is 0 Å². The molecule has 0 radical (unpaired) electrons. The van der Waals surface area contributed by atoms with E-state index in [1.54, 1.807) is 12.2 Å². The number of aliphatic carboxylic acids is 1. The maximum absolute atomic E-state index is 10.2. The van der Waals surface area contributed by atoms with Crippen molar-refractivity contribution in [1.29, 1.82) is 0 Å². The molecule has 3 N–H and O–H groups in total.